The van der Waals surface area contributed by atoms with E-state index in [2.05, 4.69) is 12.1 Å². The van der Waals surface area contributed by atoms with Crippen molar-refractivity contribution in [3.05, 3.63) is 84.9 Å². The maximum absolute atomic E-state index is 12.2. The fourth-order valence-electron chi connectivity index (χ4n) is 2.43. The van der Waals surface area contributed by atoms with Crippen molar-refractivity contribution in [2.24, 2.45) is 0 Å². The van der Waals surface area contributed by atoms with Gasteiger partial charge in [0.15, 0.2) is 0 Å². The summed E-state index contributed by atoms with van der Waals surface area (Å²) < 4.78 is 12.6. The normalized spacial score (nSPS) is 10.4. The van der Waals surface area contributed by atoms with E-state index in [1.54, 1.807) is 16.1 Å². The van der Waals surface area contributed by atoms with E-state index in [9.17, 15) is 4.79 Å². The maximum atomic E-state index is 12.2. The van der Waals surface area contributed by atoms with Crippen LogP contribution in [0.2, 0.25) is 0 Å². The zero-order chi connectivity index (χ0) is 20.3. The van der Waals surface area contributed by atoms with Crippen molar-refractivity contribution in [2.45, 2.75) is 21.6 Å². The van der Waals surface area contributed by atoms with Gasteiger partial charge in [0.25, 0.3) is 0 Å². The van der Waals surface area contributed by atoms with Crippen molar-refractivity contribution in [1.82, 2.24) is 4.31 Å². The Morgan fingerprint density at radius 1 is 0.793 bits per heavy atom. The van der Waals surface area contributed by atoms with Gasteiger partial charge in [-0.2, -0.15) is 0 Å². The minimum Gasteiger partial charge on any atom is -0.490 e. The van der Waals surface area contributed by atoms with Gasteiger partial charge < -0.3 is 9.47 Å². The Kier molecular flexibility index (Phi) is 8.34. The third kappa shape index (κ3) is 7.07. The summed E-state index contributed by atoms with van der Waals surface area (Å²) >= 11 is 3.07. The standard InChI is InChI=1S/C23H23NO3S2/c1-2-24(29-22-11-7-4-8-12-22)23(25)27-18-17-26-19-13-15-21(16-14-19)28-20-9-5-3-6-10-20/h3-16H,2,17-18H2,1H3. The number of carbonyl (C=O) groups excluding carboxylic acids is 1. The molecule has 0 aliphatic rings. The molecule has 1 amide bonds. The minimum absolute atomic E-state index is 0.200. The lowest BCUT2D eigenvalue weighted by Crippen LogP contribution is -2.26. The van der Waals surface area contributed by atoms with Crippen molar-refractivity contribution >= 4 is 29.8 Å². The van der Waals surface area contributed by atoms with Crippen LogP contribution in [-0.4, -0.2) is 30.2 Å². The lowest BCUT2D eigenvalue weighted by atomic mass is 10.3. The van der Waals surface area contributed by atoms with Crippen LogP contribution < -0.4 is 4.74 Å². The highest BCUT2D eigenvalue weighted by atomic mass is 32.2. The summed E-state index contributed by atoms with van der Waals surface area (Å²) in [4.78, 5) is 15.6. The van der Waals surface area contributed by atoms with E-state index in [0.29, 0.717) is 13.2 Å². The van der Waals surface area contributed by atoms with Gasteiger partial charge in [-0.3, -0.25) is 0 Å². The average Bonchev–Trinajstić information content (AvgIpc) is 2.77. The van der Waals surface area contributed by atoms with Crippen LogP contribution in [0, 0.1) is 0 Å². The highest BCUT2D eigenvalue weighted by Crippen LogP contribution is 2.28. The molecule has 0 N–H and O–H groups in total. The second kappa shape index (κ2) is 11.4. The predicted octanol–water partition coefficient (Wildman–Crippen LogP) is 6.38. The average molecular weight is 426 g/mol. The van der Waals surface area contributed by atoms with Crippen LogP contribution in [0.5, 0.6) is 5.75 Å². The molecule has 0 bridgehead atoms. The number of nitrogens with zero attached hydrogens (tertiary/aromatic N) is 1. The van der Waals surface area contributed by atoms with Gasteiger partial charge in [-0.25, -0.2) is 9.10 Å². The Morgan fingerprint density at radius 2 is 1.38 bits per heavy atom. The van der Waals surface area contributed by atoms with E-state index in [1.807, 2.05) is 79.7 Å². The summed E-state index contributed by atoms with van der Waals surface area (Å²) in [5.74, 6) is 0.754. The molecule has 0 unspecified atom stereocenters. The zero-order valence-corrected chi connectivity index (χ0v) is 17.8. The van der Waals surface area contributed by atoms with Gasteiger partial charge in [-0.1, -0.05) is 48.2 Å². The Bertz CT molecular complexity index is 874. The van der Waals surface area contributed by atoms with Crippen molar-refractivity contribution < 1.29 is 14.3 Å². The summed E-state index contributed by atoms with van der Waals surface area (Å²) in [6, 6.07) is 27.9. The topological polar surface area (TPSA) is 38.8 Å². The molecule has 0 saturated carbocycles. The van der Waals surface area contributed by atoms with Crippen LogP contribution in [0.1, 0.15) is 6.92 Å². The molecule has 0 spiro atoms. The van der Waals surface area contributed by atoms with E-state index in [0.717, 1.165) is 15.5 Å². The first-order chi connectivity index (χ1) is 14.2. The Morgan fingerprint density at radius 3 is 2.00 bits per heavy atom. The molecule has 0 radical (unpaired) electrons. The molecule has 0 heterocycles. The molecule has 0 aromatic heterocycles. The van der Waals surface area contributed by atoms with E-state index in [1.165, 1.54) is 16.8 Å². The number of ether oxygens (including phenoxy) is 2. The lowest BCUT2D eigenvalue weighted by Gasteiger charge is -2.19. The molecule has 3 aromatic rings. The van der Waals surface area contributed by atoms with E-state index in [-0.39, 0.29) is 12.7 Å². The van der Waals surface area contributed by atoms with Crippen molar-refractivity contribution in [3.63, 3.8) is 0 Å². The Labute approximate surface area is 180 Å². The van der Waals surface area contributed by atoms with Gasteiger partial charge in [0.1, 0.15) is 19.0 Å². The van der Waals surface area contributed by atoms with Gasteiger partial charge in [-0.15, -0.1) is 0 Å². The molecular weight excluding hydrogens is 402 g/mol. The molecule has 0 atom stereocenters. The minimum atomic E-state index is -0.362. The first-order valence-corrected chi connectivity index (χ1v) is 11.0. The molecule has 6 heteroatoms. The van der Waals surface area contributed by atoms with Gasteiger partial charge >= 0.3 is 6.09 Å². The molecule has 0 aliphatic carbocycles. The van der Waals surface area contributed by atoms with Crippen molar-refractivity contribution in [3.8, 4) is 5.75 Å². The van der Waals surface area contributed by atoms with Crippen molar-refractivity contribution in [1.29, 1.82) is 0 Å². The fraction of sp³-hybridized carbons (Fsp3) is 0.174. The smallest absolute Gasteiger partial charge is 0.420 e. The largest absolute Gasteiger partial charge is 0.490 e. The number of benzene rings is 3. The molecule has 4 nitrogen and oxygen atoms in total. The highest BCUT2D eigenvalue weighted by molar-refractivity contribution is 7.99. The van der Waals surface area contributed by atoms with E-state index < -0.39 is 0 Å². The summed E-state index contributed by atoms with van der Waals surface area (Å²) in [5.41, 5.74) is 0. The molecule has 3 aromatic carbocycles. The first kappa shape index (κ1) is 21.1. The number of hydrogen-bond acceptors (Lipinski definition) is 5. The Hall–Kier alpha value is -2.57. The Balaban J connectivity index is 1.39. The van der Waals surface area contributed by atoms with Crippen LogP contribution >= 0.6 is 23.7 Å². The molecule has 0 saturated heterocycles. The van der Waals surface area contributed by atoms with E-state index >= 15 is 0 Å². The zero-order valence-electron chi connectivity index (χ0n) is 16.2. The summed E-state index contributed by atoms with van der Waals surface area (Å²) in [5, 5.41) is 0. The summed E-state index contributed by atoms with van der Waals surface area (Å²) in [6.45, 7) is 2.98. The van der Waals surface area contributed by atoms with E-state index in [4.69, 9.17) is 9.47 Å². The monoisotopic (exact) mass is 425 g/mol. The molecule has 0 aliphatic heterocycles. The number of carbonyl (C=O) groups is 1. The fourth-order valence-corrected chi connectivity index (χ4v) is 4.06. The second-order valence-electron chi connectivity index (χ2n) is 5.95. The third-order valence-electron chi connectivity index (χ3n) is 3.83. The predicted molar refractivity (Wildman–Crippen MR) is 119 cm³/mol. The molecule has 29 heavy (non-hydrogen) atoms. The van der Waals surface area contributed by atoms with Gasteiger partial charge in [0, 0.05) is 21.2 Å². The summed E-state index contributed by atoms with van der Waals surface area (Å²) in [7, 11) is 0. The van der Waals surface area contributed by atoms with Crippen LogP contribution in [0.4, 0.5) is 4.79 Å². The third-order valence-corrected chi connectivity index (χ3v) is 5.96. The second-order valence-corrected chi connectivity index (χ2v) is 8.19. The molecule has 150 valence electrons. The van der Waals surface area contributed by atoms with Gasteiger partial charge in [0.05, 0.1) is 0 Å². The van der Waals surface area contributed by atoms with Crippen molar-refractivity contribution in [2.75, 3.05) is 19.8 Å². The molecule has 0 fully saturated rings. The van der Waals surface area contributed by atoms with Gasteiger partial charge in [0.2, 0.25) is 0 Å². The number of amides is 1. The quantitative estimate of drug-likeness (QED) is 0.294. The molecule has 3 rings (SSSR count). The molecular formula is C23H23NO3S2. The first-order valence-electron chi connectivity index (χ1n) is 9.37. The number of rotatable bonds is 9. The number of hydrogen-bond donors (Lipinski definition) is 0. The lowest BCUT2D eigenvalue weighted by molar-refractivity contribution is 0.111. The van der Waals surface area contributed by atoms with Crippen LogP contribution in [-0.2, 0) is 4.74 Å². The van der Waals surface area contributed by atoms with Gasteiger partial charge in [-0.05, 0) is 67.4 Å². The van der Waals surface area contributed by atoms with Crippen LogP contribution in [0.3, 0.4) is 0 Å². The maximum Gasteiger partial charge on any atom is 0.420 e. The van der Waals surface area contributed by atoms with Crippen LogP contribution in [0.25, 0.3) is 0 Å². The van der Waals surface area contributed by atoms with Crippen LogP contribution in [0.15, 0.2) is 99.6 Å². The summed E-state index contributed by atoms with van der Waals surface area (Å²) in [6.07, 6.45) is -0.362. The highest BCUT2D eigenvalue weighted by Gasteiger charge is 2.14. The SMILES string of the molecule is CCN(Sc1ccccc1)C(=O)OCCOc1ccc(Sc2ccccc2)cc1.